The number of fused-ring (bicyclic) bond motifs is 1. The number of carbonyl (C=O) groups is 1. The van der Waals surface area contributed by atoms with Crippen LogP contribution in [0.15, 0.2) is 30.5 Å². The Kier molecular flexibility index (Phi) is 4.99. The number of amides is 2. The van der Waals surface area contributed by atoms with E-state index in [-0.39, 0.29) is 5.82 Å². The predicted molar refractivity (Wildman–Crippen MR) is 103 cm³/mol. The number of aryl methyl sites for hydroxylation is 1. The van der Waals surface area contributed by atoms with Gasteiger partial charge < -0.3 is 5.32 Å². The van der Waals surface area contributed by atoms with Gasteiger partial charge in [-0.05, 0) is 25.1 Å². The van der Waals surface area contributed by atoms with Crippen LogP contribution in [0.4, 0.5) is 10.6 Å². The van der Waals surface area contributed by atoms with Gasteiger partial charge in [-0.2, -0.15) is 0 Å². The molecular weight excluding hydrogens is 381 g/mol. The number of pyridine rings is 1. The molecule has 0 spiro atoms. The molecule has 25 heavy (non-hydrogen) atoms. The van der Waals surface area contributed by atoms with Gasteiger partial charge in [0, 0.05) is 29.8 Å². The Bertz CT molecular complexity index is 962. The zero-order valence-electron chi connectivity index (χ0n) is 13.3. The molecular formula is C16H13Cl2N5OS. The molecule has 0 saturated heterocycles. The molecule has 0 aliphatic rings. The Morgan fingerprint density at radius 3 is 2.56 bits per heavy atom. The van der Waals surface area contributed by atoms with Crippen molar-refractivity contribution < 1.29 is 4.79 Å². The third kappa shape index (κ3) is 3.35. The van der Waals surface area contributed by atoms with Crippen molar-refractivity contribution in [2.24, 2.45) is 0 Å². The molecule has 3 aromatic rings. The third-order valence-electron chi connectivity index (χ3n) is 3.51. The topological polar surface area (TPSA) is 71.0 Å². The molecule has 1 N–H and O–H groups in total. The normalized spacial score (nSPS) is 10.8. The standard InChI is InChI=1S/C16H13Cl2N5OS/c1-8-20-7-9-6-10(13-11(17)4-3-5-12(13)18)15(22-14(9)21-8)23(25)16(24)19-2/h3-7,25H,1-2H3,(H,19,24). The maximum atomic E-state index is 12.1. The summed E-state index contributed by atoms with van der Waals surface area (Å²) in [5.74, 6) is 0.836. The van der Waals surface area contributed by atoms with E-state index in [1.165, 1.54) is 7.05 Å². The van der Waals surface area contributed by atoms with Crippen LogP contribution in [-0.4, -0.2) is 28.0 Å². The molecule has 128 valence electrons. The van der Waals surface area contributed by atoms with Crippen LogP contribution >= 0.6 is 36.0 Å². The molecule has 0 saturated carbocycles. The number of hydrogen-bond donors (Lipinski definition) is 2. The number of aromatic nitrogens is 3. The van der Waals surface area contributed by atoms with E-state index in [2.05, 4.69) is 33.1 Å². The number of urea groups is 1. The SMILES string of the molecule is CNC(=O)N(S)c1nc2nc(C)ncc2cc1-c1c(Cl)cccc1Cl. The van der Waals surface area contributed by atoms with Crippen LogP contribution in [0.25, 0.3) is 22.2 Å². The van der Waals surface area contributed by atoms with Crippen molar-refractivity contribution in [2.45, 2.75) is 6.92 Å². The van der Waals surface area contributed by atoms with Crippen LogP contribution in [0.2, 0.25) is 10.0 Å². The highest BCUT2D eigenvalue weighted by Crippen LogP contribution is 2.40. The Morgan fingerprint density at radius 1 is 1.24 bits per heavy atom. The monoisotopic (exact) mass is 393 g/mol. The smallest absolute Gasteiger partial charge is 0.332 e. The van der Waals surface area contributed by atoms with Gasteiger partial charge in [0.1, 0.15) is 5.82 Å². The fourth-order valence-corrected chi connectivity index (χ4v) is 3.20. The Hall–Kier alpha value is -2.09. The molecule has 0 aliphatic carbocycles. The maximum Gasteiger partial charge on any atom is 0.332 e. The second kappa shape index (κ2) is 7.03. The molecule has 2 amide bonds. The lowest BCUT2D eigenvalue weighted by Gasteiger charge is -2.19. The molecule has 0 unspecified atom stereocenters. The highest BCUT2D eigenvalue weighted by Gasteiger charge is 2.22. The molecule has 2 aromatic heterocycles. The Labute approximate surface area is 159 Å². The highest BCUT2D eigenvalue weighted by atomic mass is 35.5. The molecule has 0 aliphatic heterocycles. The minimum atomic E-state index is -0.453. The summed E-state index contributed by atoms with van der Waals surface area (Å²) in [6, 6.07) is 6.50. The van der Waals surface area contributed by atoms with E-state index in [0.29, 0.717) is 38.0 Å². The second-order valence-electron chi connectivity index (χ2n) is 5.15. The predicted octanol–water partition coefficient (Wildman–Crippen LogP) is 4.30. The van der Waals surface area contributed by atoms with Crippen molar-refractivity contribution in [3.8, 4) is 11.1 Å². The lowest BCUT2D eigenvalue weighted by Crippen LogP contribution is -2.32. The number of rotatable bonds is 2. The number of benzene rings is 1. The van der Waals surface area contributed by atoms with Crippen molar-refractivity contribution in [3.63, 3.8) is 0 Å². The molecule has 0 bridgehead atoms. The molecule has 2 heterocycles. The van der Waals surface area contributed by atoms with E-state index in [4.69, 9.17) is 23.2 Å². The number of hydrogen-bond acceptors (Lipinski definition) is 5. The molecule has 9 heteroatoms. The van der Waals surface area contributed by atoms with Crippen molar-refractivity contribution >= 4 is 58.9 Å². The Balaban J connectivity index is 2.35. The molecule has 3 rings (SSSR count). The number of thiol groups is 1. The quantitative estimate of drug-likeness (QED) is 0.636. The van der Waals surface area contributed by atoms with Gasteiger partial charge in [-0.1, -0.05) is 42.1 Å². The minimum absolute atomic E-state index is 0.267. The second-order valence-corrected chi connectivity index (χ2v) is 6.37. The van der Waals surface area contributed by atoms with Crippen molar-refractivity contribution in [3.05, 3.63) is 46.3 Å². The fourth-order valence-electron chi connectivity index (χ4n) is 2.34. The first-order chi connectivity index (χ1) is 11.9. The van der Waals surface area contributed by atoms with Crippen LogP contribution in [0, 0.1) is 6.92 Å². The first kappa shape index (κ1) is 17.7. The van der Waals surface area contributed by atoms with Crippen LogP contribution in [0.3, 0.4) is 0 Å². The van der Waals surface area contributed by atoms with Gasteiger partial charge in [0.15, 0.2) is 11.5 Å². The first-order valence-corrected chi connectivity index (χ1v) is 8.37. The number of halogens is 2. The molecule has 0 atom stereocenters. The van der Waals surface area contributed by atoms with Gasteiger partial charge in [-0.3, -0.25) is 0 Å². The van der Waals surface area contributed by atoms with Gasteiger partial charge >= 0.3 is 6.03 Å². The van der Waals surface area contributed by atoms with Crippen LogP contribution in [-0.2, 0) is 0 Å². The summed E-state index contributed by atoms with van der Waals surface area (Å²) >= 11 is 16.9. The van der Waals surface area contributed by atoms with Gasteiger partial charge in [0.25, 0.3) is 0 Å². The highest BCUT2D eigenvalue weighted by molar-refractivity contribution is 7.82. The molecule has 0 fully saturated rings. The van der Waals surface area contributed by atoms with Crippen LogP contribution in [0.5, 0.6) is 0 Å². The summed E-state index contributed by atoms with van der Waals surface area (Å²) in [6.07, 6.45) is 1.66. The van der Waals surface area contributed by atoms with Crippen molar-refractivity contribution in [1.29, 1.82) is 0 Å². The van der Waals surface area contributed by atoms with Gasteiger partial charge in [-0.25, -0.2) is 24.1 Å². The zero-order chi connectivity index (χ0) is 18.1. The molecule has 6 nitrogen and oxygen atoms in total. The largest absolute Gasteiger partial charge is 0.340 e. The van der Waals surface area contributed by atoms with E-state index in [0.717, 1.165) is 4.31 Å². The lowest BCUT2D eigenvalue weighted by molar-refractivity contribution is 0.251. The average Bonchev–Trinajstić information content (AvgIpc) is 2.59. The lowest BCUT2D eigenvalue weighted by atomic mass is 10.0. The van der Waals surface area contributed by atoms with Crippen molar-refractivity contribution in [1.82, 2.24) is 20.3 Å². The fraction of sp³-hybridized carbons (Fsp3) is 0.125. The van der Waals surface area contributed by atoms with Gasteiger partial charge in [0.2, 0.25) is 0 Å². The molecule has 1 aromatic carbocycles. The minimum Gasteiger partial charge on any atom is -0.340 e. The number of anilines is 1. The zero-order valence-corrected chi connectivity index (χ0v) is 15.7. The third-order valence-corrected chi connectivity index (χ3v) is 4.51. The first-order valence-electron chi connectivity index (χ1n) is 7.22. The van der Waals surface area contributed by atoms with E-state index < -0.39 is 6.03 Å². The average molecular weight is 394 g/mol. The van der Waals surface area contributed by atoms with Crippen molar-refractivity contribution in [2.75, 3.05) is 11.4 Å². The summed E-state index contributed by atoms with van der Waals surface area (Å²) in [5.41, 5.74) is 1.55. The summed E-state index contributed by atoms with van der Waals surface area (Å²) in [4.78, 5) is 25.0. The summed E-state index contributed by atoms with van der Waals surface area (Å²) in [5, 5.41) is 4.06. The number of nitrogens with zero attached hydrogens (tertiary/aromatic N) is 4. The van der Waals surface area contributed by atoms with Gasteiger partial charge in [-0.15, -0.1) is 0 Å². The number of carbonyl (C=O) groups excluding carboxylic acids is 1. The van der Waals surface area contributed by atoms with Crippen LogP contribution in [0.1, 0.15) is 5.82 Å². The van der Waals surface area contributed by atoms with E-state index in [1.54, 1.807) is 37.4 Å². The van der Waals surface area contributed by atoms with Gasteiger partial charge in [0.05, 0.1) is 10.0 Å². The molecule has 0 radical (unpaired) electrons. The summed E-state index contributed by atoms with van der Waals surface area (Å²) in [7, 11) is 1.50. The number of nitrogens with one attached hydrogen (secondary N) is 1. The van der Waals surface area contributed by atoms with E-state index in [9.17, 15) is 4.79 Å². The van der Waals surface area contributed by atoms with E-state index >= 15 is 0 Å². The Morgan fingerprint density at radius 2 is 1.92 bits per heavy atom. The maximum absolute atomic E-state index is 12.1. The summed E-state index contributed by atoms with van der Waals surface area (Å²) in [6.45, 7) is 1.76. The van der Waals surface area contributed by atoms with Crippen LogP contribution < -0.4 is 9.62 Å². The summed E-state index contributed by atoms with van der Waals surface area (Å²) < 4.78 is 1.09. The van der Waals surface area contributed by atoms with E-state index in [1.807, 2.05) is 0 Å².